The molecule has 1 aliphatic rings. The average molecular weight is 204 g/mol. The summed E-state index contributed by atoms with van der Waals surface area (Å²) in [4.78, 5) is 0. The first-order chi connectivity index (χ1) is 7.33. The lowest BCUT2D eigenvalue weighted by molar-refractivity contribution is -0.0118. The number of rotatable bonds is 3. The smallest absolute Gasteiger partial charge is 0.109 e. The lowest BCUT2D eigenvalue weighted by atomic mass is 9.93. The minimum Gasteiger partial charge on any atom is -0.385 e. The quantitative estimate of drug-likeness (QED) is 0.819. The maximum Gasteiger partial charge on any atom is 0.109 e. The van der Waals surface area contributed by atoms with E-state index in [9.17, 15) is 5.11 Å². The third-order valence-electron chi connectivity index (χ3n) is 2.61. The Morgan fingerprint density at radius 1 is 1.33 bits per heavy atom. The van der Waals surface area contributed by atoms with Gasteiger partial charge in [0.05, 0.1) is 0 Å². The molecule has 0 fully saturated rings. The summed E-state index contributed by atoms with van der Waals surface area (Å²) in [6.07, 6.45) is 4.20. The molecule has 0 saturated carbocycles. The predicted molar refractivity (Wildman–Crippen MR) is 60.5 cm³/mol. The number of aliphatic hydroxyl groups is 1. The molecule has 1 N–H and O–H groups in total. The molecule has 80 valence electrons. The van der Waals surface area contributed by atoms with Gasteiger partial charge in [0.15, 0.2) is 0 Å². The molecule has 15 heavy (non-hydrogen) atoms. The van der Waals surface area contributed by atoms with Crippen molar-refractivity contribution in [1.82, 2.24) is 0 Å². The molecule has 0 aliphatic heterocycles. The molecule has 2 atom stereocenters. The van der Waals surface area contributed by atoms with Crippen molar-refractivity contribution in [1.29, 1.82) is 0 Å². The molecule has 2 heteroatoms. The summed E-state index contributed by atoms with van der Waals surface area (Å²) >= 11 is 0. The molecular formula is C13H16O2. The maximum atomic E-state index is 10.1. The summed E-state index contributed by atoms with van der Waals surface area (Å²) in [5, 5.41) is 10.1. The monoisotopic (exact) mass is 204 g/mol. The van der Waals surface area contributed by atoms with E-state index in [2.05, 4.69) is 6.92 Å². The van der Waals surface area contributed by atoms with Gasteiger partial charge in [-0.2, -0.15) is 0 Å². The lowest BCUT2D eigenvalue weighted by Crippen LogP contribution is -2.23. The van der Waals surface area contributed by atoms with E-state index in [0.717, 1.165) is 17.5 Å². The van der Waals surface area contributed by atoms with Crippen molar-refractivity contribution < 1.29 is 9.84 Å². The van der Waals surface area contributed by atoms with Crippen molar-refractivity contribution in [2.75, 3.05) is 6.61 Å². The molecule has 0 bridgehead atoms. The van der Waals surface area contributed by atoms with Crippen molar-refractivity contribution >= 4 is 6.08 Å². The second-order valence-electron chi connectivity index (χ2n) is 3.77. The number of fused-ring (bicyclic) bond motifs is 1. The Hall–Kier alpha value is -1.12. The van der Waals surface area contributed by atoms with Gasteiger partial charge in [0.25, 0.3) is 0 Å². The molecule has 1 aromatic carbocycles. The maximum absolute atomic E-state index is 10.1. The molecule has 0 amide bonds. The topological polar surface area (TPSA) is 29.5 Å². The van der Waals surface area contributed by atoms with Crippen LogP contribution in [0.2, 0.25) is 0 Å². The zero-order valence-corrected chi connectivity index (χ0v) is 8.89. The zero-order chi connectivity index (χ0) is 10.7. The molecule has 1 aromatic rings. The van der Waals surface area contributed by atoms with Crippen LogP contribution in [-0.2, 0) is 4.74 Å². The second kappa shape index (κ2) is 4.60. The van der Waals surface area contributed by atoms with Crippen LogP contribution < -0.4 is 0 Å². The van der Waals surface area contributed by atoms with Gasteiger partial charge in [-0.1, -0.05) is 43.3 Å². The summed E-state index contributed by atoms with van der Waals surface area (Å²) in [6.45, 7) is 2.75. The second-order valence-corrected chi connectivity index (χ2v) is 3.77. The Bertz CT molecular complexity index is 357. The molecule has 0 heterocycles. The average Bonchev–Trinajstić information content (AvgIpc) is 2.29. The van der Waals surface area contributed by atoms with Gasteiger partial charge in [0.1, 0.15) is 12.2 Å². The first kappa shape index (κ1) is 10.4. The summed E-state index contributed by atoms with van der Waals surface area (Å²) < 4.78 is 5.56. The fourth-order valence-corrected chi connectivity index (χ4v) is 1.81. The first-order valence-electron chi connectivity index (χ1n) is 5.39. The third kappa shape index (κ3) is 2.11. The molecule has 1 aliphatic carbocycles. The Balaban J connectivity index is 2.18. The van der Waals surface area contributed by atoms with Crippen molar-refractivity contribution in [3.05, 3.63) is 41.5 Å². The minimum absolute atomic E-state index is 0.195. The normalized spacial score (nSPS) is 23.9. The molecule has 2 nitrogen and oxygen atoms in total. The number of ether oxygens (including phenoxy) is 1. The largest absolute Gasteiger partial charge is 0.385 e. The molecule has 2 rings (SSSR count). The van der Waals surface area contributed by atoms with Gasteiger partial charge in [-0.25, -0.2) is 0 Å². The minimum atomic E-state index is -0.530. The number of hydrogen-bond acceptors (Lipinski definition) is 2. The number of aliphatic hydroxyl groups excluding tert-OH is 1. The summed E-state index contributed by atoms with van der Waals surface area (Å²) in [5.74, 6) is 0. The van der Waals surface area contributed by atoms with E-state index in [4.69, 9.17) is 4.74 Å². The highest BCUT2D eigenvalue weighted by Gasteiger charge is 2.23. The van der Waals surface area contributed by atoms with Gasteiger partial charge in [-0.3, -0.25) is 0 Å². The Morgan fingerprint density at radius 3 is 2.93 bits per heavy atom. The molecule has 0 spiro atoms. The van der Waals surface area contributed by atoms with E-state index in [0.29, 0.717) is 6.61 Å². The van der Waals surface area contributed by atoms with Crippen molar-refractivity contribution in [3.8, 4) is 0 Å². The van der Waals surface area contributed by atoms with Crippen LogP contribution in [0.15, 0.2) is 30.3 Å². The first-order valence-corrected chi connectivity index (χ1v) is 5.39. The van der Waals surface area contributed by atoms with Crippen LogP contribution in [0.4, 0.5) is 0 Å². The summed E-state index contributed by atoms with van der Waals surface area (Å²) in [6, 6.07) is 7.87. The molecule has 0 unspecified atom stereocenters. The van der Waals surface area contributed by atoms with E-state index in [-0.39, 0.29) is 6.10 Å². The van der Waals surface area contributed by atoms with Gasteiger partial charge in [-0.15, -0.1) is 0 Å². The zero-order valence-electron chi connectivity index (χ0n) is 8.89. The highest BCUT2D eigenvalue weighted by molar-refractivity contribution is 5.58. The Kier molecular flexibility index (Phi) is 3.19. The van der Waals surface area contributed by atoms with Crippen molar-refractivity contribution in [2.45, 2.75) is 25.6 Å². The van der Waals surface area contributed by atoms with Gasteiger partial charge < -0.3 is 9.84 Å². The molecule has 0 radical (unpaired) electrons. The molecule has 0 aromatic heterocycles. The Morgan fingerprint density at radius 2 is 2.13 bits per heavy atom. The van der Waals surface area contributed by atoms with Crippen LogP contribution in [0.25, 0.3) is 6.08 Å². The lowest BCUT2D eigenvalue weighted by Gasteiger charge is -2.25. The van der Waals surface area contributed by atoms with E-state index < -0.39 is 6.10 Å². The predicted octanol–water partition coefficient (Wildman–Crippen LogP) is 2.54. The summed E-state index contributed by atoms with van der Waals surface area (Å²) in [5.41, 5.74) is 2.04. The van der Waals surface area contributed by atoms with E-state index in [1.807, 2.05) is 36.4 Å². The van der Waals surface area contributed by atoms with Crippen LogP contribution in [0.5, 0.6) is 0 Å². The summed E-state index contributed by atoms with van der Waals surface area (Å²) in [7, 11) is 0. The number of benzene rings is 1. The number of hydrogen-bond donors (Lipinski definition) is 1. The highest BCUT2D eigenvalue weighted by atomic mass is 16.5. The van der Waals surface area contributed by atoms with Crippen LogP contribution >= 0.6 is 0 Å². The van der Waals surface area contributed by atoms with Crippen LogP contribution in [0, 0.1) is 0 Å². The van der Waals surface area contributed by atoms with Gasteiger partial charge in [0.2, 0.25) is 0 Å². The van der Waals surface area contributed by atoms with Gasteiger partial charge in [-0.05, 0) is 17.5 Å². The van der Waals surface area contributed by atoms with E-state index in [1.165, 1.54) is 0 Å². The fraction of sp³-hybridized carbons (Fsp3) is 0.385. The molecule has 0 saturated heterocycles. The van der Waals surface area contributed by atoms with Crippen molar-refractivity contribution in [2.24, 2.45) is 0 Å². The van der Waals surface area contributed by atoms with Gasteiger partial charge in [0, 0.05) is 6.61 Å². The SMILES string of the molecule is CCCO[C@H]1C=Cc2ccccc2[C@@H]1O. The van der Waals surface area contributed by atoms with Crippen molar-refractivity contribution in [3.63, 3.8) is 0 Å². The fourth-order valence-electron chi connectivity index (χ4n) is 1.81. The van der Waals surface area contributed by atoms with E-state index >= 15 is 0 Å². The Labute approximate surface area is 90.2 Å². The van der Waals surface area contributed by atoms with Gasteiger partial charge >= 0.3 is 0 Å². The third-order valence-corrected chi connectivity index (χ3v) is 2.61. The van der Waals surface area contributed by atoms with Crippen LogP contribution in [-0.4, -0.2) is 17.8 Å². The van der Waals surface area contributed by atoms with Crippen LogP contribution in [0.1, 0.15) is 30.6 Å². The molecular weight excluding hydrogens is 188 g/mol. The highest BCUT2D eigenvalue weighted by Crippen LogP contribution is 2.29. The standard InChI is InChI=1S/C13H16O2/c1-2-9-15-12-8-7-10-5-3-4-6-11(10)13(12)14/h3-8,12-14H,2,9H2,1H3/t12-,13-/m0/s1. The van der Waals surface area contributed by atoms with Crippen LogP contribution in [0.3, 0.4) is 0 Å². The van der Waals surface area contributed by atoms with E-state index in [1.54, 1.807) is 0 Å².